The Labute approximate surface area is 102 Å². The van der Waals surface area contributed by atoms with E-state index in [0.717, 1.165) is 18.4 Å². The predicted octanol–water partition coefficient (Wildman–Crippen LogP) is 0.689. The minimum Gasteiger partial charge on any atom is -0.320 e. The van der Waals surface area contributed by atoms with Crippen molar-refractivity contribution in [3.05, 3.63) is 51.0 Å². The Morgan fingerprint density at radius 1 is 1.28 bits per heavy atom. The number of rotatable bonds is 2. The van der Waals surface area contributed by atoms with Crippen molar-refractivity contribution in [3.8, 4) is 0 Å². The minimum atomic E-state index is -0.533. The van der Waals surface area contributed by atoms with E-state index < -0.39 is 11.2 Å². The van der Waals surface area contributed by atoms with Crippen LogP contribution in [0, 0.1) is 0 Å². The van der Waals surface area contributed by atoms with Crippen LogP contribution in [0.2, 0.25) is 0 Å². The first-order valence-corrected chi connectivity index (χ1v) is 5.77. The van der Waals surface area contributed by atoms with E-state index in [1.807, 2.05) is 0 Å². The lowest BCUT2D eigenvalue weighted by atomic mass is 10.1. The van der Waals surface area contributed by atoms with Crippen molar-refractivity contribution in [2.45, 2.75) is 19.4 Å². The zero-order chi connectivity index (χ0) is 12.5. The van der Waals surface area contributed by atoms with Crippen LogP contribution in [0.1, 0.15) is 12.8 Å². The number of imidazole rings is 1. The van der Waals surface area contributed by atoms with E-state index in [4.69, 9.17) is 0 Å². The molecule has 0 saturated carbocycles. The lowest BCUT2D eigenvalue weighted by molar-refractivity contribution is 0.804. The number of allylic oxidation sites excluding steroid dienone is 4. The molecule has 0 aromatic carbocycles. The summed E-state index contributed by atoms with van der Waals surface area (Å²) in [6.07, 6.45) is 9.95. The Morgan fingerprint density at radius 2 is 2.17 bits per heavy atom. The molecule has 1 aliphatic carbocycles. The summed E-state index contributed by atoms with van der Waals surface area (Å²) in [7, 11) is 0. The van der Waals surface area contributed by atoms with E-state index in [-0.39, 0.29) is 0 Å². The largest absolute Gasteiger partial charge is 0.327 e. The van der Waals surface area contributed by atoms with Gasteiger partial charge in [0.2, 0.25) is 0 Å². The number of aromatic nitrogens is 4. The summed E-state index contributed by atoms with van der Waals surface area (Å²) >= 11 is 0. The maximum Gasteiger partial charge on any atom is 0.327 e. The first-order chi connectivity index (χ1) is 8.74. The first kappa shape index (κ1) is 10.8. The van der Waals surface area contributed by atoms with Crippen LogP contribution in [-0.2, 0) is 6.54 Å². The zero-order valence-electron chi connectivity index (χ0n) is 9.64. The van der Waals surface area contributed by atoms with Gasteiger partial charge in [0.25, 0.3) is 5.56 Å². The third-order valence-corrected chi connectivity index (χ3v) is 2.94. The van der Waals surface area contributed by atoms with Crippen molar-refractivity contribution in [3.63, 3.8) is 0 Å². The number of fused-ring (bicyclic) bond motifs is 1. The lowest BCUT2D eigenvalue weighted by Gasteiger charge is -2.07. The molecule has 6 nitrogen and oxygen atoms in total. The van der Waals surface area contributed by atoms with Crippen molar-refractivity contribution in [2.24, 2.45) is 0 Å². The lowest BCUT2D eigenvalue weighted by Crippen LogP contribution is -2.23. The minimum absolute atomic E-state index is 0.323. The number of aromatic amines is 2. The van der Waals surface area contributed by atoms with E-state index in [9.17, 15) is 9.59 Å². The molecule has 2 aromatic rings. The van der Waals surface area contributed by atoms with Crippen LogP contribution in [0.25, 0.3) is 11.2 Å². The van der Waals surface area contributed by atoms with Crippen molar-refractivity contribution in [2.75, 3.05) is 0 Å². The van der Waals surface area contributed by atoms with Crippen LogP contribution < -0.4 is 11.2 Å². The maximum atomic E-state index is 11.7. The number of nitrogens with one attached hydrogen (secondary N) is 2. The molecule has 0 aliphatic heterocycles. The van der Waals surface area contributed by atoms with Crippen LogP contribution >= 0.6 is 0 Å². The Balaban J connectivity index is 2.08. The maximum absolute atomic E-state index is 11.7. The summed E-state index contributed by atoms with van der Waals surface area (Å²) in [4.78, 5) is 31.6. The Hall–Kier alpha value is -2.37. The standard InChI is InChI=1S/C12H12N4O2/c17-11-9-10(14-12(18)15-11)13-7-16(9)6-8-4-2-1-3-5-8/h2,4-5,7H,1,3,6H2,(H2,14,15,17,18). The molecule has 18 heavy (non-hydrogen) atoms. The molecule has 6 heteroatoms. The molecule has 0 atom stereocenters. The van der Waals surface area contributed by atoms with Gasteiger partial charge in [-0.15, -0.1) is 0 Å². The van der Waals surface area contributed by atoms with Crippen LogP contribution in [0.5, 0.6) is 0 Å². The Morgan fingerprint density at radius 3 is 2.94 bits per heavy atom. The van der Waals surface area contributed by atoms with E-state index >= 15 is 0 Å². The van der Waals surface area contributed by atoms with E-state index in [1.165, 1.54) is 0 Å². The van der Waals surface area contributed by atoms with Gasteiger partial charge in [-0.25, -0.2) is 9.78 Å². The number of hydrogen-bond donors (Lipinski definition) is 2. The van der Waals surface area contributed by atoms with Crippen molar-refractivity contribution < 1.29 is 0 Å². The summed E-state index contributed by atoms with van der Waals surface area (Å²) in [6.45, 7) is 0.585. The van der Waals surface area contributed by atoms with Gasteiger partial charge in [0, 0.05) is 6.54 Å². The molecule has 1 aliphatic rings. The molecule has 0 spiro atoms. The van der Waals surface area contributed by atoms with Gasteiger partial charge in [0.05, 0.1) is 6.33 Å². The molecule has 2 N–H and O–H groups in total. The molecule has 3 rings (SSSR count). The van der Waals surface area contributed by atoms with E-state index in [2.05, 4.69) is 33.2 Å². The highest BCUT2D eigenvalue weighted by Gasteiger charge is 2.09. The average molecular weight is 244 g/mol. The van der Waals surface area contributed by atoms with Gasteiger partial charge >= 0.3 is 5.69 Å². The molecule has 0 fully saturated rings. The number of hydrogen-bond acceptors (Lipinski definition) is 3. The summed E-state index contributed by atoms with van der Waals surface area (Å²) in [5.74, 6) is 0. The molecule has 92 valence electrons. The summed E-state index contributed by atoms with van der Waals surface area (Å²) in [5, 5.41) is 0. The molecular formula is C12H12N4O2. The summed E-state index contributed by atoms with van der Waals surface area (Å²) < 4.78 is 1.74. The van der Waals surface area contributed by atoms with Crippen LogP contribution in [0.15, 0.2) is 39.7 Å². The molecule has 2 aromatic heterocycles. The first-order valence-electron chi connectivity index (χ1n) is 5.77. The van der Waals surface area contributed by atoms with Gasteiger partial charge in [-0.3, -0.25) is 14.8 Å². The smallest absolute Gasteiger partial charge is 0.320 e. The van der Waals surface area contributed by atoms with Crippen molar-refractivity contribution in [1.82, 2.24) is 19.5 Å². The monoisotopic (exact) mass is 244 g/mol. The second kappa shape index (κ2) is 4.14. The van der Waals surface area contributed by atoms with Crippen LogP contribution in [-0.4, -0.2) is 19.5 Å². The predicted molar refractivity (Wildman–Crippen MR) is 67.4 cm³/mol. The molecule has 0 radical (unpaired) electrons. The summed E-state index contributed by atoms with van der Waals surface area (Å²) in [5.41, 5.74) is 0.922. The highest BCUT2D eigenvalue weighted by atomic mass is 16.2. The van der Waals surface area contributed by atoms with Crippen LogP contribution in [0.3, 0.4) is 0 Å². The fourth-order valence-electron chi connectivity index (χ4n) is 2.11. The molecule has 0 bridgehead atoms. The molecule has 0 unspecified atom stereocenters. The normalized spacial score (nSPS) is 15.0. The molecular weight excluding hydrogens is 232 g/mol. The van der Waals surface area contributed by atoms with E-state index in [0.29, 0.717) is 17.7 Å². The topological polar surface area (TPSA) is 83.5 Å². The Kier molecular flexibility index (Phi) is 2.47. The zero-order valence-corrected chi connectivity index (χ0v) is 9.64. The number of nitrogens with zero attached hydrogens (tertiary/aromatic N) is 2. The van der Waals surface area contributed by atoms with E-state index in [1.54, 1.807) is 10.9 Å². The fourth-order valence-corrected chi connectivity index (χ4v) is 2.11. The van der Waals surface area contributed by atoms with Crippen LogP contribution in [0.4, 0.5) is 0 Å². The van der Waals surface area contributed by atoms with Gasteiger partial charge in [-0.1, -0.05) is 18.2 Å². The van der Waals surface area contributed by atoms with Gasteiger partial charge in [-0.05, 0) is 18.4 Å². The average Bonchev–Trinajstić information content (AvgIpc) is 2.73. The highest BCUT2D eigenvalue weighted by molar-refractivity contribution is 5.69. The summed E-state index contributed by atoms with van der Waals surface area (Å²) in [6, 6.07) is 0. The third kappa shape index (κ3) is 1.81. The number of H-pyrrole nitrogens is 2. The quantitative estimate of drug-likeness (QED) is 0.815. The van der Waals surface area contributed by atoms with Gasteiger partial charge < -0.3 is 4.57 Å². The fraction of sp³-hybridized carbons (Fsp3) is 0.250. The van der Waals surface area contributed by atoms with Crippen molar-refractivity contribution in [1.29, 1.82) is 0 Å². The van der Waals surface area contributed by atoms with Gasteiger partial charge in [0.15, 0.2) is 11.2 Å². The van der Waals surface area contributed by atoms with Gasteiger partial charge in [-0.2, -0.15) is 0 Å². The second-order valence-corrected chi connectivity index (χ2v) is 4.24. The third-order valence-electron chi connectivity index (χ3n) is 2.94. The molecule has 0 saturated heterocycles. The van der Waals surface area contributed by atoms with Gasteiger partial charge in [0.1, 0.15) is 0 Å². The van der Waals surface area contributed by atoms with Crippen molar-refractivity contribution >= 4 is 11.2 Å². The molecule has 2 heterocycles. The second-order valence-electron chi connectivity index (χ2n) is 4.24. The SMILES string of the molecule is O=c1[nH]c(=O)c2c(ncn2CC2=CCCC=C2)[nH]1. The molecule has 0 amide bonds. The Bertz CT molecular complexity index is 760. The highest BCUT2D eigenvalue weighted by Crippen LogP contribution is 2.13.